The quantitative estimate of drug-likeness (QED) is 0.314. The number of aromatic hydroxyl groups is 1. The molecule has 6 N–H and O–H groups in total. The van der Waals surface area contributed by atoms with E-state index in [0.717, 1.165) is 5.56 Å². The molecule has 218 valence electrons. The summed E-state index contributed by atoms with van der Waals surface area (Å²) in [6.45, 7) is 5.21. The van der Waals surface area contributed by atoms with Crippen molar-refractivity contribution in [3.8, 4) is 5.75 Å². The molecule has 1 amide bonds. The molecule has 10 nitrogen and oxygen atoms in total. The molecule has 0 heterocycles. The molecule has 0 aromatic heterocycles. The van der Waals surface area contributed by atoms with Crippen LogP contribution in [0, 0.1) is 11.8 Å². The normalized spacial score (nSPS) is 27.3. The van der Waals surface area contributed by atoms with E-state index in [1.165, 1.54) is 4.90 Å². The lowest BCUT2D eigenvalue weighted by molar-refractivity contribution is -0.153. The highest BCUT2D eigenvalue weighted by molar-refractivity contribution is 6.24. The van der Waals surface area contributed by atoms with Crippen LogP contribution in [0.4, 0.5) is 4.39 Å². The number of phenolic OH excluding ortho intramolecular Hbond substituents is 1. The van der Waals surface area contributed by atoms with Crippen LogP contribution in [0.25, 0.3) is 5.76 Å². The Morgan fingerprint density at radius 2 is 1.80 bits per heavy atom. The second-order valence-electron chi connectivity index (χ2n) is 11.9. The van der Waals surface area contributed by atoms with Gasteiger partial charge in [0.2, 0.25) is 5.78 Å². The molecule has 11 heteroatoms. The minimum Gasteiger partial charge on any atom is -0.508 e. The van der Waals surface area contributed by atoms with Crippen molar-refractivity contribution in [1.29, 1.82) is 0 Å². The molecule has 1 saturated carbocycles. The van der Waals surface area contributed by atoms with Gasteiger partial charge in [0.25, 0.3) is 5.91 Å². The summed E-state index contributed by atoms with van der Waals surface area (Å²) >= 11 is 0. The number of aliphatic hydroxyl groups is 3. The van der Waals surface area contributed by atoms with Gasteiger partial charge in [-0.05, 0) is 63.9 Å². The Bertz CT molecular complexity index is 1350. The number of alkyl halides is 1. The minimum absolute atomic E-state index is 0.0292. The largest absolute Gasteiger partial charge is 0.508 e. The fourth-order valence-corrected chi connectivity index (χ4v) is 6.58. The van der Waals surface area contributed by atoms with Gasteiger partial charge in [-0.1, -0.05) is 19.9 Å². The van der Waals surface area contributed by atoms with Crippen LogP contribution >= 0.6 is 0 Å². The Hall–Kier alpha value is -3.28. The number of halogens is 1. The number of likely N-dealkylation sites (N-methyl/N-ethyl adjacent to an activating group) is 1. The number of Topliss-reactive ketones (excluding diaryl/α,β-unsaturated/α-hetero) is 2. The summed E-state index contributed by atoms with van der Waals surface area (Å²) in [5.74, 6) is -6.82. The molecule has 1 fully saturated rings. The van der Waals surface area contributed by atoms with Crippen molar-refractivity contribution in [2.24, 2.45) is 17.6 Å². The van der Waals surface area contributed by atoms with Crippen LogP contribution in [0.1, 0.15) is 55.4 Å². The van der Waals surface area contributed by atoms with Gasteiger partial charge < -0.3 is 26.2 Å². The van der Waals surface area contributed by atoms with Crippen molar-refractivity contribution in [2.45, 2.75) is 63.8 Å². The molecule has 3 aliphatic carbocycles. The van der Waals surface area contributed by atoms with Crippen LogP contribution in [0.3, 0.4) is 0 Å². The van der Waals surface area contributed by atoms with E-state index in [1.54, 1.807) is 33.0 Å². The predicted molar refractivity (Wildman–Crippen MR) is 145 cm³/mol. The Morgan fingerprint density at radius 3 is 2.33 bits per heavy atom. The first-order valence-corrected chi connectivity index (χ1v) is 13.4. The summed E-state index contributed by atoms with van der Waals surface area (Å²) in [5, 5.41) is 45.7. The van der Waals surface area contributed by atoms with Gasteiger partial charge in [-0.2, -0.15) is 0 Å². The van der Waals surface area contributed by atoms with E-state index >= 15 is 0 Å². The van der Waals surface area contributed by atoms with E-state index in [2.05, 4.69) is 0 Å². The van der Waals surface area contributed by atoms with Crippen molar-refractivity contribution in [2.75, 3.05) is 27.8 Å². The summed E-state index contributed by atoms with van der Waals surface area (Å²) in [5.41, 5.74) is 3.61. The van der Waals surface area contributed by atoms with E-state index in [-0.39, 0.29) is 42.2 Å². The number of aliphatic hydroxyl groups excluding tert-OH is 2. The number of benzene rings is 1. The molecule has 3 aliphatic rings. The number of carbonyl (C=O) groups excluding carboxylic acids is 3. The highest BCUT2D eigenvalue weighted by Crippen LogP contribution is 2.53. The van der Waals surface area contributed by atoms with Crippen LogP contribution in [-0.2, 0) is 27.3 Å². The molecule has 4 rings (SSSR count). The number of nitrogens with two attached hydrogens (primary N) is 1. The van der Waals surface area contributed by atoms with Crippen molar-refractivity contribution in [1.82, 2.24) is 9.80 Å². The van der Waals surface area contributed by atoms with E-state index in [4.69, 9.17) is 5.73 Å². The molecule has 1 unspecified atom stereocenters. The van der Waals surface area contributed by atoms with Gasteiger partial charge in [-0.3, -0.25) is 24.2 Å². The maximum Gasteiger partial charge on any atom is 0.255 e. The van der Waals surface area contributed by atoms with Crippen LogP contribution in [0.15, 0.2) is 23.0 Å². The minimum atomic E-state index is -2.69. The topological polar surface area (TPSA) is 165 Å². The molecule has 0 aliphatic heterocycles. The number of amides is 1. The van der Waals surface area contributed by atoms with Gasteiger partial charge in [0, 0.05) is 29.6 Å². The van der Waals surface area contributed by atoms with E-state index in [0.29, 0.717) is 11.1 Å². The first kappa shape index (κ1) is 29.7. The lowest BCUT2D eigenvalue weighted by Crippen LogP contribution is -2.65. The third-order valence-corrected chi connectivity index (χ3v) is 8.85. The van der Waals surface area contributed by atoms with Gasteiger partial charge in [-0.15, -0.1) is 0 Å². The van der Waals surface area contributed by atoms with Crippen molar-refractivity contribution in [3.05, 3.63) is 45.2 Å². The molecular formula is C29H38FN3O7. The molecule has 1 aromatic rings. The van der Waals surface area contributed by atoms with Crippen LogP contribution in [0.2, 0.25) is 0 Å². The summed E-state index contributed by atoms with van der Waals surface area (Å²) in [4.78, 5) is 42.6. The highest BCUT2D eigenvalue weighted by Gasteiger charge is 2.64. The standard InChI is InChI=1S/C29H38FN3O7/c1-12(2)16-8-15(11-33(6)13(3)10-30)23(34)20-17(16)7-14-9-18-22(32(4)5)25(36)21(28(31)39)27(38)29(18,40)26(37)19(14)24(20)35/h8,12-14,18,22,34-35,38,40H,7,9-11H2,1-6H3,(H2,31,39)/t13?,14-,18-,22-,29-/m0/s1. The first-order valence-electron chi connectivity index (χ1n) is 13.4. The summed E-state index contributed by atoms with van der Waals surface area (Å²) in [6.07, 6.45) is 0.259. The van der Waals surface area contributed by atoms with E-state index in [9.17, 15) is 39.2 Å². The molecule has 0 radical (unpaired) electrons. The van der Waals surface area contributed by atoms with Crippen molar-refractivity contribution in [3.63, 3.8) is 0 Å². The average Bonchev–Trinajstić information content (AvgIpc) is 2.86. The first-order chi connectivity index (χ1) is 18.6. The molecule has 5 atom stereocenters. The lowest BCUT2D eigenvalue weighted by Gasteiger charge is -2.50. The maximum atomic E-state index is 14.0. The van der Waals surface area contributed by atoms with Gasteiger partial charge in [0.1, 0.15) is 29.5 Å². The third kappa shape index (κ3) is 4.22. The van der Waals surface area contributed by atoms with Crippen LogP contribution < -0.4 is 5.73 Å². The van der Waals surface area contributed by atoms with Crippen molar-refractivity contribution >= 4 is 23.2 Å². The molecule has 0 saturated heterocycles. The number of hydrogen-bond acceptors (Lipinski definition) is 9. The number of rotatable bonds is 7. The van der Waals surface area contributed by atoms with Crippen LogP contribution in [0.5, 0.6) is 5.75 Å². The number of primary amides is 1. The van der Waals surface area contributed by atoms with Gasteiger partial charge in [-0.25, -0.2) is 4.39 Å². The third-order valence-electron chi connectivity index (χ3n) is 8.85. The zero-order valence-electron chi connectivity index (χ0n) is 23.7. The van der Waals surface area contributed by atoms with Crippen molar-refractivity contribution < 1.29 is 39.2 Å². The zero-order valence-corrected chi connectivity index (χ0v) is 23.7. The second kappa shape index (κ2) is 10.3. The summed E-state index contributed by atoms with van der Waals surface area (Å²) in [7, 11) is 4.83. The lowest BCUT2D eigenvalue weighted by atomic mass is 9.57. The Kier molecular flexibility index (Phi) is 7.63. The summed E-state index contributed by atoms with van der Waals surface area (Å²) < 4.78 is 13.3. The Balaban J connectivity index is 1.95. The van der Waals surface area contributed by atoms with Gasteiger partial charge in [0.05, 0.1) is 11.6 Å². The maximum absolute atomic E-state index is 14.0. The van der Waals surface area contributed by atoms with Gasteiger partial charge in [0.15, 0.2) is 11.4 Å². The molecule has 0 bridgehead atoms. The molecule has 0 spiro atoms. The molecular weight excluding hydrogens is 521 g/mol. The molecule has 40 heavy (non-hydrogen) atoms. The van der Waals surface area contributed by atoms with E-state index < -0.39 is 70.8 Å². The monoisotopic (exact) mass is 559 g/mol. The average molecular weight is 560 g/mol. The predicted octanol–water partition coefficient (Wildman–Crippen LogP) is 1.88. The number of phenols is 1. The summed E-state index contributed by atoms with van der Waals surface area (Å²) in [6, 6.07) is 0.277. The number of ketones is 2. The Labute approximate surface area is 232 Å². The fourth-order valence-electron chi connectivity index (χ4n) is 6.58. The second-order valence-corrected chi connectivity index (χ2v) is 11.9. The Morgan fingerprint density at radius 1 is 1.18 bits per heavy atom. The number of fused-ring (bicyclic) bond motifs is 3. The molecule has 1 aromatic carbocycles. The number of nitrogens with zero attached hydrogens (tertiary/aromatic N) is 2. The number of hydrogen-bond donors (Lipinski definition) is 5. The SMILES string of the molecule is CC(C)c1cc(CN(C)C(C)CF)c(O)c2c1C[C@H]1C[C@H]3[C@H](N(C)C)C(=O)C(C(N)=O)=C(O)[C@@]3(O)C(=O)C1=C2O. The zero-order chi connectivity index (χ0) is 30.0. The van der Waals surface area contributed by atoms with E-state index in [1.807, 2.05) is 19.9 Å². The van der Waals surface area contributed by atoms with Gasteiger partial charge >= 0.3 is 0 Å². The highest BCUT2D eigenvalue weighted by atomic mass is 19.1. The van der Waals surface area contributed by atoms with Crippen LogP contribution in [-0.4, -0.2) is 93.2 Å². The fraction of sp³-hybridized carbons (Fsp3) is 0.552. The number of carbonyl (C=O) groups is 3. The smallest absolute Gasteiger partial charge is 0.255 e.